The van der Waals surface area contributed by atoms with Gasteiger partial charge in [-0.2, -0.15) is 5.26 Å². The minimum Gasteiger partial charge on any atom is -0.481 e. The summed E-state index contributed by atoms with van der Waals surface area (Å²) in [6.07, 6.45) is 14.0. The van der Waals surface area contributed by atoms with Crippen LogP contribution in [0.3, 0.4) is 0 Å². The lowest BCUT2D eigenvalue weighted by Crippen LogP contribution is -2.47. The minimum atomic E-state index is -0.812. The van der Waals surface area contributed by atoms with Crippen LogP contribution in [0.2, 0.25) is 0 Å². The highest BCUT2D eigenvalue weighted by atomic mass is 19.1. The molecule has 0 radical (unpaired) electrons. The van der Waals surface area contributed by atoms with E-state index >= 15 is 0 Å². The van der Waals surface area contributed by atoms with Crippen molar-refractivity contribution in [1.82, 2.24) is 0 Å². The summed E-state index contributed by atoms with van der Waals surface area (Å²) in [7, 11) is 0. The van der Waals surface area contributed by atoms with Gasteiger partial charge in [-0.15, -0.1) is 0 Å². The molecule has 2 saturated carbocycles. The fourth-order valence-electron chi connectivity index (χ4n) is 5.88. The van der Waals surface area contributed by atoms with E-state index < -0.39 is 17.2 Å². The zero-order valence-electron chi connectivity index (χ0n) is 17.4. The Hall–Kier alpha value is -2.15. The summed E-state index contributed by atoms with van der Waals surface area (Å²) in [6, 6.07) is 6.55. The highest BCUT2D eigenvalue weighted by Gasteiger charge is 2.53. The molecule has 1 N–H and O–H groups in total. The molecule has 3 rings (SSSR count). The summed E-state index contributed by atoms with van der Waals surface area (Å²) >= 11 is 0. The van der Waals surface area contributed by atoms with E-state index in [0.717, 1.165) is 56.9 Å². The maximum atomic E-state index is 14.3. The van der Waals surface area contributed by atoms with Crippen molar-refractivity contribution in [3.63, 3.8) is 0 Å². The van der Waals surface area contributed by atoms with Gasteiger partial charge in [-0.3, -0.25) is 4.79 Å². The number of carboxylic acids is 1. The van der Waals surface area contributed by atoms with E-state index in [-0.39, 0.29) is 17.4 Å². The number of nitrogens with zero attached hydrogens (tertiary/aromatic N) is 1. The van der Waals surface area contributed by atoms with Crippen LogP contribution in [0.15, 0.2) is 30.4 Å². The number of carbonyl (C=O) groups is 1. The summed E-state index contributed by atoms with van der Waals surface area (Å²) in [5.74, 6) is -0.614. The molecule has 2 fully saturated rings. The monoisotopic (exact) mass is 397 g/mol. The highest BCUT2D eigenvalue weighted by Crippen LogP contribution is 2.56. The Morgan fingerprint density at radius 2 is 2.03 bits per heavy atom. The van der Waals surface area contributed by atoms with Gasteiger partial charge < -0.3 is 5.11 Å². The summed E-state index contributed by atoms with van der Waals surface area (Å²) in [4.78, 5) is 12.7. The van der Waals surface area contributed by atoms with Crippen molar-refractivity contribution in [2.45, 2.75) is 77.0 Å². The molecule has 1 aromatic rings. The third kappa shape index (κ3) is 4.39. The fraction of sp³-hybridized carbons (Fsp3) is 0.600. The Kier molecular flexibility index (Phi) is 7.11. The zero-order valence-corrected chi connectivity index (χ0v) is 17.4. The second kappa shape index (κ2) is 9.57. The highest BCUT2D eigenvalue weighted by molar-refractivity contribution is 5.77. The van der Waals surface area contributed by atoms with Gasteiger partial charge in [0.25, 0.3) is 0 Å². The number of carboxylic acid groups (broad SMARTS) is 1. The predicted octanol–water partition coefficient (Wildman–Crippen LogP) is 6.59. The molecule has 0 saturated heterocycles. The summed E-state index contributed by atoms with van der Waals surface area (Å²) in [5.41, 5.74) is -0.0430. The second-order valence-corrected chi connectivity index (χ2v) is 8.86. The van der Waals surface area contributed by atoms with Crippen LogP contribution in [0, 0.1) is 34.4 Å². The number of allylic oxidation sites excluding steroid dienone is 2. The van der Waals surface area contributed by atoms with Crippen molar-refractivity contribution < 1.29 is 14.3 Å². The molecule has 0 bridgehead atoms. The molecular weight excluding hydrogens is 365 g/mol. The Morgan fingerprint density at radius 1 is 1.28 bits per heavy atom. The molecule has 0 amide bonds. The normalized spacial score (nSPS) is 30.2. The van der Waals surface area contributed by atoms with Crippen LogP contribution in [0.5, 0.6) is 0 Å². The maximum absolute atomic E-state index is 14.3. The Labute approximate surface area is 173 Å². The van der Waals surface area contributed by atoms with Gasteiger partial charge in [0.2, 0.25) is 0 Å². The molecule has 0 spiro atoms. The number of hydrogen-bond donors (Lipinski definition) is 1. The topological polar surface area (TPSA) is 61.1 Å². The molecule has 0 aromatic heterocycles. The predicted molar refractivity (Wildman–Crippen MR) is 112 cm³/mol. The Balaban J connectivity index is 1.84. The van der Waals surface area contributed by atoms with Crippen LogP contribution in [0.25, 0.3) is 0 Å². The Morgan fingerprint density at radius 3 is 2.66 bits per heavy atom. The molecule has 4 heteroatoms. The summed E-state index contributed by atoms with van der Waals surface area (Å²) in [6.45, 7) is 2.04. The van der Waals surface area contributed by atoms with Gasteiger partial charge in [0.05, 0.1) is 11.0 Å². The van der Waals surface area contributed by atoms with E-state index in [1.54, 1.807) is 6.07 Å². The van der Waals surface area contributed by atoms with Gasteiger partial charge in [-0.25, -0.2) is 4.39 Å². The van der Waals surface area contributed by atoms with Crippen molar-refractivity contribution in [1.29, 1.82) is 5.26 Å². The van der Waals surface area contributed by atoms with Crippen molar-refractivity contribution >= 4 is 5.97 Å². The Bertz CT molecular complexity index is 789. The molecule has 0 aliphatic heterocycles. The molecule has 29 heavy (non-hydrogen) atoms. The molecule has 1 unspecified atom stereocenters. The largest absolute Gasteiger partial charge is 0.481 e. The number of halogens is 1. The first-order valence-electron chi connectivity index (χ1n) is 11.1. The number of hydrogen-bond acceptors (Lipinski definition) is 2. The smallest absolute Gasteiger partial charge is 0.310 e. The molecule has 2 aliphatic rings. The summed E-state index contributed by atoms with van der Waals surface area (Å²) < 4.78 is 14.3. The molecule has 2 aliphatic carbocycles. The number of nitriles is 1. The zero-order chi connectivity index (χ0) is 20.9. The minimum absolute atomic E-state index is 0.0205. The van der Waals surface area contributed by atoms with Crippen LogP contribution in [0.1, 0.15) is 88.2 Å². The van der Waals surface area contributed by atoms with Crippen LogP contribution >= 0.6 is 0 Å². The third-order valence-corrected chi connectivity index (χ3v) is 7.42. The van der Waals surface area contributed by atoms with E-state index in [9.17, 15) is 14.3 Å². The molecule has 1 aromatic carbocycles. The van der Waals surface area contributed by atoms with E-state index in [1.807, 2.05) is 13.0 Å². The van der Waals surface area contributed by atoms with Gasteiger partial charge in [0.1, 0.15) is 11.9 Å². The average Bonchev–Trinajstić information content (AvgIpc) is 2.74. The van der Waals surface area contributed by atoms with Crippen molar-refractivity contribution in [2.24, 2.45) is 17.3 Å². The van der Waals surface area contributed by atoms with Gasteiger partial charge in [-0.1, -0.05) is 43.9 Å². The van der Waals surface area contributed by atoms with Crippen molar-refractivity contribution in [3.05, 3.63) is 47.3 Å². The van der Waals surface area contributed by atoms with Crippen LogP contribution in [-0.4, -0.2) is 11.1 Å². The van der Waals surface area contributed by atoms with Crippen LogP contribution < -0.4 is 0 Å². The molecule has 156 valence electrons. The SMILES string of the molecule is C/C=C/CCC1CCC([C@]2(C(=O)O)CCCCC2c2ccc(C#N)c(F)c2)CC1. The average molecular weight is 398 g/mol. The maximum Gasteiger partial charge on any atom is 0.310 e. The van der Waals surface area contributed by atoms with Gasteiger partial charge in [0.15, 0.2) is 0 Å². The standard InChI is InChI=1S/C25H32FNO2/c1-2-3-4-7-18-9-13-21(14-10-18)25(24(28)29)15-6-5-8-22(25)19-11-12-20(17-27)23(26)16-19/h2-3,11-12,16,18,21-22H,4-10,13-15H2,1H3,(H,28,29)/b3-2+/t18?,21?,22?,25-/m1/s1. The number of rotatable bonds is 6. The van der Waals surface area contributed by atoms with E-state index in [0.29, 0.717) is 12.3 Å². The first-order valence-corrected chi connectivity index (χ1v) is 11.1. The lowest BCUT2D eigenvalue weighted by Gasteiger charge is -2.48. The second-order valence-electron chi connectivity index (χ2n) is 8.86. The lowest BCUT2D eigenvalue weighted by molar-refractivity contribution is -0.159. The van der Waals surface area contributed by atoms with E-state index in [1.165, 1.54) is 18.6 Å². The van der Waals surface area contributed by atoms with Crippen molar-refractivity contribution in [2.75, 3.05) is 0 Å². The first kappa shape index (κ1) is 21.6. The summed E-state index contributed by atoms with van der Waals surface area (Å²) in [5, 5.41) is 19.5. The molecule has 0 heterocycles. The fourth-order valence-corrected chi connectivity index (χ4v) is 5.88. The van der Waals surface area contributed by atoms with E-state index in [2.05, 4.69) is 12.2 Å². The molecule has 2 atom stereocenters. The first-order chi connectivity index (χ1) is 14.0. The van der Waals surface area contributed by atoms with Crippen LogP contribution in [-0.2, 0) is 4.79 Å². The van der Waals surface area contributed by atoms with Crippen LogP contribution in [0.4, 0.5) is 4.39 Å². The molecular formula is C25H32FNO2. The van der Waals surface area contributed by atoms with Gasteiger partial charge >= 0.3 is 5.97 Å². The third-order valence-electron chi connectivity index (χ3n) is 7.42. The van der Waals surface area contributed by atoms with Gasteiger partial charge in [-0.05, 0) is 75.0 Å². The molecule has 3 nitrogen and oxygen atoms in total. The number of benzene rings is 1. The lowest BCUT2D eigenvalue weighted by atomic mass is 9.54. The van der Waals surface area contributed by atoms with Crippen molar-refractivity contribution in [3.8, 4) is 6.07 Å². The quantitative estimate of drug-likeness (QED) is 0.551. The van der Waals surface area contributed by atoms with E-state index in [4.69, 9.17) is 5.26 Å². The number of aliphatic carboxylic acids is 1. The van der Waals surface area contributed by atoms with Gasteiger partial charge in [0, 0.05) is 5.92 Å².